The van der Waals surface area contributed by atoms with Crippen molar-refractivity contribution in [3.8, 4) is 17.4 Å². The van der Waals surface area contributed by atoms with Crippen LogP contribution in [0.3, 0.4) is 0 Å². The highest BCUT2D eigenvalue weighted by Gasteiger charge is 2.36. The first-order chi connectivity index (χ1) is 19.5. The summed E-state index contributed by atoms with van der Waals surface area (Å²) in [5.41, 5.74) is 2.10. The Labute approximate surface area is 230 Å². The van der Waals surface area contributed by atoms with Crippen LogP contribution in [-0.4, -0.2) is 73.7 Å². The lowest BCUT2D eigenvalue weighted by Crippen LogP contribution is -2.60. The molecule has 2 amide bonds. The second kappa shape index (κ2) is 10.6. The Hall–Kier alpha value is -5.00. The van der Waals surface area contributed by atoms with E-state index in [0.717, 1.165) is 11.3 Å². The van der Waals surface area contributed by atoms with Crippen LogP contribution in [0.4, 0.5) is 5.82 Å². The average Bonchev–Trinajstić information content (AvgIpc) is 3.69. The van der Waals surface area contributed by atoms with E-state index < -0.39 is 6.04 Å². The second-order valence-corrected chi connectivity index (χ2v) is 9.68. The molecule has 2 aliphatic heterocycles. The van der Waals surface area contributed by atoms with Gasteiger partial charge >= 0.3 is 0 Å². The minimum Gasteiger partial charge on any atom is -0.454 e. The first kappa shape index (κ1) is 25.3. The molecule has 4 aromatic rings. The standard InChI is InChI=1S/C28H28N8O4/c1-18-12-25(33-28(31-18)35-9-8-30-16-35)36-11-10-34(27(38)21-4-3-7-29-14-21)15-22(36)26(37)32-19(2)20-5-6-23-24(13-20)40-17-39-23/h3-9,12-14,16,19,22H,10-11,15,17H2,1-2H3,(H,32,37). The van der Waals surface area contributed by atoms with E-state index in [1.165, 1.54) is 6.20 Å². The summed E-state index contributed by atoms with van der Waals surface area (Å²) in [6, 6.07) is 9.89. The molecule has 12 heteroatoms. The number of pyridine rings is 1. The fraction of sp³-hybridized carbons (Fsp3) is 0.286. The maximum Gasteiger partial charge on any atom is 0.255 e. The zero-order chi connectivity index (χ0) is 27.6. The van der Waals surface area contributed by atoms with Crippen molar-refractivity contribution in [2.45, 2.75) is 25.9 Å². The van der Waals surface area contributed by atoms with Crippen LogP contribution < -0.4 is 19.7 Å². The number of nitrogens with zero attached hydrogens (tertiary/aromatic N) is 7. The molecule has 2 aliphatic rings. The SMILES string of the molecule is Cc1cc(N2CCN(C(=O)c3cccnc3)CC2C(=O)NC(C)c2ccc3c(c2)OCO3)nc(-n2ccnc2)n1. The zero-order valence-electron chi connectivity index (χ0n) is 22.1. The van der Waals surface area contributed by atoms with Gasteiger partial charge in [0, 0.05) is 49.6 Å². The van der Waals surface area contributed by atoms with Crippen molar-refractivity contribution in [2.75, 3.05) is 31.3 Å². The average molecular weight is 541 g/mol. The van der Waals surface area contributed by atoms with E-state index in [2.05, 4.69) is 20.3 Å². The fourth-order valence-electron chi connectivity index (χ4n) is 4.89. The van der Waals surface area contributed by atoms with Gasteiger partial charge in [0.15, 0.2) is 11.5 Å². The number of benzene rings is 1. The number of fused-ring (bicyclic) bond motifs is 1. The van der Waals surface area contributed by atoms with Gasteiger partial charge in [0.25, 0.3) is 5.91 Å². The highest BCUT2D eigenvalue weighted by Crippen LogP contribution is 2.34. The molecule has 2 atom stereocenters. The molecule has 2 unspecified atom stereocenters. The van der Waals surface area contributed by atoms with Gasteiger partial charge in [-0.15, -0.1) is 0 Å². The van der Waals surface area contributed by atoms with Crippen molar-refractivity contribution in [3.63, 3.8) is 0 Å². The molecule has 5 heterocycles. The van der Waals surface area contributed by atoms with Crippen LogP contribution in [0.2, 0.25) is 0 Å². The molecular weight excluding hydrogens is 512 g/mol. The van der Waals surface area contributed by atoms with Gasteiger partial charge in [0.2, 0.25) is 18.6 Å². The first-order valence-corrected chi connectivity index (χ1v) is 13.0. The number of aryl methyl sites for hydroxylation is 1. The van der Waals surface area contributed by atoms with E-state index in [1.54, 1.807) is 46.5 Å². The summed E-state index contributed by atoms with van der Waals surface area (Å²) in [6.07, 6.45) is 8.21. The highest BCUT2D eigenvalue weighted by atomic mass is 16.7. The molecule has 40 heavy (non-hydrogen) atoms. The van der Waals surface area contributed by atoms with Crippen molar-refractivity contribution < 1.29 is 19.1 Å². The lowest BCUT2D eigenvalue weighted by molar-refractivity contribution is -0.123. The summed E-state index contributed by atoms with van der Waals surface area (Å²) in [6.45, 7) is 4.96. The predicted octanol–water partition coefficient (Wildman–Crippen LogP) is 2.30. The topological polar surface area (TPSA) is 128 Å². The van der Waals surface area contributed by atoms with Gasteiger partial charge in [0.05, 0.1) is 18.2 Å². The number of anilines is 1. The molecule has 1 saturated heterocycles. The molecule has 12 nitrogen and oxygen atoms in total. The number of carbonyl (C=O) groups is 2. The van der Waals surface area contributed by atoms with Crippen LogP contribution in [-0.2, 0) is 4.79 Å². The highest BCUT2D eigenvalue weighted by molar-refractivity contribution is 5.95. The van der Waals surface area contributed by atoms with Crippen molar-refractivity contribution in [1.82, 2.24) is 34.7 Å². The van der Waals surface area contributed by atoms with Crippen LogP contribution >= 0.6 is 0 Å². The normalized spacial score (nSPS) is 17.0. The van der Waals surface area contributed by atoms with E-state index >= 15 is 0 Å². The van der Waals surface area contributed by atoms with Crippen LogP contribution in [0.1, 0.15) is 34.6 Å². The van der Waals surface area contributed by atoms with Gasteiger partial charge in [-0.1, -0.05) is 6.07 Å². The lowest BCUT2D eigenvalue weighted by atomic mass is 10.1. The molecule has 204 valence electrons. The Morgan fingerprint density at radius 3 is 2.73 bits per heavy atom. The molecular formula is C28H28N8O4. The number of ether oxygens (including phenoxy) is 2. The number of hydrogen-bond acceptors (Lipinski definition) is 9. The Bertz CT molecular complexity index is 1530. The molecule has 1 fully saturated rings. The summed E-state index contributed by atoms with van der Waals surface area (Å²) in [4.78, 5) is 48.3. The quantitative estimate of drug-likeness (QED) is 0.392. The van der Waals surface area contributed by atoms with E-state index in [0.29, 0.717) is 41.9 Å². The van der Waals surface area contributed by atoms with Gasteiger partial charge in [-0.2, -0.15) is 4.98 Å². The number of piperazine rings is 1. The third-order valence-corrected chi connectivity index (χ3v) is 6.99. The molecule has 0 spiro atoms. The van der Waals surface area contributed by atoms with Crippen LogP contribution in [0.5, 0.6) is 11.5 Å². The smallest absolute Gasteiger partial charge is 0.255 e. The minimum atomic E-state index is -0.698. The summed E-state index contributed by atoms with van der Waals surface area (Å²) >= 11 is 0. The summed E-state index contributed by atoms with van der Waals surface area (Å²) in [7, 11) is 0. The van der Waals surface area contributed by atoms with Crippen LogP contribution in [0.25, 0.3) is 5.95 Å². The second-order valence-electron chi connectivity index (χ2n) is 9.68. The van der Waals surface area contributed by atoms with Crippen molar-refractivity contribution in [1.29, 1.82) is 0 Å². The van der Waals surface area contributed by atoms with Gasteiger partial charge in [0.1, 0.15) is 18.2 Å². The summed E-state index contributed by atoms with van der Waals surface area (Å²) in [5, 5.41) is 3.13. The zero-order valence-corrected chi connectivity index (χ0v) is 22.1. The van der Waals surface area contributed by atoms with Crippen molar-refractivity contribution in [2.24, 2.45) is 0 Å². The first-order valence-electron chi connectivity index (χ1n) is 13.0. The molecule has 6 rings (SSSR count). The molecule has 0 aliphatic carbocycles. The number of nitrogens with one attached hydrogen (secondary N) is 1. The van der Waals surface area contributed by atoms with Crippen molar-refractivity contribution >= 4 is 17.6 Å². The largest absolute Gasteiger partial charge is 0.454 e. The number of aromatic nitrogens is 5. The molecule has 1 aromatic carbocycles. The molecule has 0 radical (unpaired) electrons. The molecule has 3 aromatic heterocycles. The van der Waals surface area contributed by atoms with Crippen LogP contribution in [0, 0.1) is 6.92 Å². The Balaban J connectivity index is 1.29. The van der Waals surface area contributed by atoms with Crippen LogP contribution in [0.15, 0.2) is 67.5 Å². The lowest BCUT2D eigenvalue weighted by Gasteiger charge is -2.41. The number of carbonyl (C=O) groups excluding carboxylic acids is 2. The van der Waals surface area contributed by atoms with Gasteiger partial charge < -0.3 is 24.6 Å². The summed E-state index contributed by atoms with van der Waals surface area (Å²) < 4.78 is 12.6. The van der Waals surface area contributed by atoms with Gasteiger partial charge in [-0.05, 0) is 43.7 Å². The number of amides is 2. The van der Waals surface area contributed by atoms with E-state index in [-0.39, 0.29) is 31.2 Å². The number of imidazole rings is 1. The van der Waals surface area contributed by atoms with Gasteiger partial charge in [-0.25, -0.2) is 9.97 Å². The van der Waals surface area contributed by atoms with Gasteiger partial charge in [-0.3, -0.25) is 19.1 Å². The Morgan fingerprint density at radius 2 is 1.93 bits per heavy atom. The van der Waals surface area contributed by atoms with Crippen molar-refractivity contribution in [3.05, 3.63) is 84.3 Å². The number of hydrogen-bond donors (Lipinski definition) is 1. The number of rotatable bonds is 6. The maximum absolute atomic E-state index is 13.9. The monoisotopic (exact) mass is 540 g/mol. The molecule has 0 saturated carbocycles. The predicted molar refractivity (Wildman–Crippen MR) is 144 cm³/mol. The molecule has 1 N–H and O–H groups in total. The third kappa shape index (κ3) is 5.03. The third-order valence-electron chi connectivity index (χ3n) is 6.99. The van der Waals surface area contributed by atoms with E-state index in [9.17, 15) is 9.59 Å². The Morgan fingerprint density at radius 1 is 1.05 bits per heavy atom. The van der Waals surface area contributed by atoms with E-state index in [1.807, 2.05) is 43.0 Å². The maximum atomic E-state index is 13.9. The fourth-order valence-corrected chi connectivity index (χ4v) is 4.89. The van der Waals surface area contributed by atoms with E-state index in [4.69, 9.17) is 14.5 Å². The molecule has 0 bridgehead atoms. The minimum absolute atomic E-state index is 0.174. The Kier molecular flexibility index (Phi) is 6.72. The summed E-state index contributed by atoms with van der Waals surface area (Å²) in [5.74, 6) is 1.98.